The largest absolute Gasteiger partial charge is 0.354 e. The van der Waals surface area contributed by atoms with Crippen LogP contribution in [-0.2, 0) is 4.79 Å². The summed E-state index contributed by atoms with van der Waals surface area (Å²) in [5.41, 5.74) is 0. The van der Waals surface area contributed by atoms with Crippen molar-refractivity contribution in [3.05, 3.63) is 0 Å². The molecule has 2 saturated carbocycles. The monoisotopic (exact) mass is 279 g/mol. The van der Waals surface area contributed by atoms with Crippen LogP contribution in [0.3, 0.4) is 0 Å². The maximum Gasteiger partial charge on any atom is 0.318 e. The minimum absolute atomic E-state index is 0.0290. The third-order valence-electron chi connectivity index (χ3n) is 4.81. The maximum atomic E-state index is 12.4. The third-order valence-corrected chi connectivity index (χ3v) is 4.81. The number of nitrogens with one attached hydrogen (secondary N) is 2. The molecule has 2 aliphatic carbocycles. The van der Waals surface area contributed by atoms with E-state index in [1.165, 1.54) is 25.7 Å². The zero-order chi connectivity index (χ0) is 14.1. The zero-order valence-corrected chi connectivity index (χ0v) is 12.2. The van der Waals surface area contributed by atoms with E-state index < -0.39 is 0 Å². The molecular weight excluding hydrogens is 254 g/mol. The van der Waals surface area contributed by atoms with Crippen LogP contribution in [0.25, 0.3) is 0 Å². The average molecular weight is 279 g/mol. The lowest BCUT2D eigenvalue weighted by Gasteiger charge is -2.30. The highest BCUT2D eigenvalue weighted by Gasteiger charge is 2.45. The topological polar surface area (TPSA) is 61.4 Å². The van der Waals surface area contributed by atoms with Gasteiger partial charge in [0.2, 0.25) is 5.91 Å². The van der Waals surface area contributed by atoms with Crippen LogP contribution < -0.4 is 10.6 Å². The Labute approximate surface area is 120 Å². The second kappa shape index (κ2) is 5.62. The van der Waals surface area contributed by atoms with E-state index in [1.54, 1.807) is 0 Å². The zero-order valence-electron chi connectivity index (χ0n) is 12.2. The third kappa shape index (κ3) is 3.07. The van der Waals surface area contributed by atoms with E-state index >= 15 is 0 Å². The van der Waals surface area contributed by atoms with Gasteiger partial charge in [-0.1, -0.05) is 0 Å². The molecule has 5 nitrogen and oxygen atoms in total. The first-order valence-corrected chi connectivity index (χ1v) is 7.98. The molecule has 0 unspecified atom stereocenters. The van der Waals surface area contributed by atoms with Crippen LogP contribution >= 0.6 is 0 Å². The number of carbonyl (C=O) groups is 2. The molecule has 3 aliphatic rings. The smallest absolute Gasteiger partial charge is 0.318 e. The van der Waals surface area contributed by atoms with Gasteiger partial charge in [0.15, 0.2) is 0 Å². The number of hydrogen-bond donors (Lipinski definition) is 2. The molecule has 0 aromatic rings. The molecule has 112 valence electrons. The highest BCUT2D eigenvalue weighted by molar-refractivity contribution is 5.87. The summed E-state index contributed by atoms with van der Waals surface area (Å²) in [6.07, 6.45) is 7.75. The number of carbonyl (C=O) groups excluding carboxylic acids is 2. The van der Waals surface area contributed by atoms with E-state index in [-0.39, 0.29) is 18.0 Å². The summed E-state index contributed by atoms with van der Waals surface area (Å²) in [4.78, 5) is 26.2. The Morgan fingerprint density at radius 1 is 1.20 bits per heavy atom. The quantitative estimate of drug-likeness (QED) is 0.819. The van der Waals surface area contributed by atoms with Crippen molar-refractivity contribution in [1.82, 2.24) is 15.5 Å². The summed E-state index contributed by atoms with van der Waals surface area (Å²) in [6.45, 7) is 0.730. The Hall–Kier alpha value is -1.26. The molecule has 0 aromatic heterocycles. The van der Waals surface area contributed by atoms with Gasteiger partial charge in [-0.25, -0.2) is 4.79 Å². The first kappa shape index (κ1) is 13.7. The molecule has 1 heterocycles. The minimum atomic E-state index is -0.355. The number of hydrogen-bond acceptors (Lipinski definition) is 2. The van der Waals surface area contributed by atoms with Crippen LogP contribution in [-0.4, -0.2) is 42.5 Å². The molecule has 3 fully saturated rings. The summed E-state index contributed by atoms with van der Waals surface area (Å²) < 4.78 is 0. The van der Waals surface area contributed by atoms with Crippen molar-refractivity contribution in [1.29, 1.82) is 0 Å². The van der Waals surface area contributed by atoms with E-state index in [0.717, 1.165) is 25.8 Å². The lowest BCUT2D eigenvalue weighted by Crippen LogP contribution is -2.52. The van der Waals surface area contributed by atoms with Gasteiger partial charge >= 0.3 is 6.03 Å². The molecule has 20 heavy (non-hydrogen) atoms. The molecule has 2 N–H and O–H groups in total. The first-order chi connectivity index (χ1) is 9.66. The molecule has 5 heteroatoms. The van der Waals surface area contributed by atoms with E-state index in [0.29, 0.717) is 17.9 Å². The number of amides is 3. The van der Waals surface area contributed by atoms with Crippen LogP contribution in [0.2, 0.25) is 0 Å². The predicted octanol–water partition coefficient (Wildman–Crippen LogP) is 1.49. The number of rotatable bonds is 4. The molecule has 1 saturated heterocycles. The Balaban J connectivity index is 1.58. The predicted molar refractivity (Wildman–Crippen MR) is 76.2 cm³/mol. The summed E-state index contributed by atoms with van der Waals surface area (Å²) in [5, 5.41) is 5.80. The van der Waals surface area contributed by atoms with Gasteiger partial charge < -0.3 is 15.5 Å². The van der Waals surface area contributed by atoms with Crippen molar-refractivity contribution in [2.45, 2.75) is 57.0 Å². The average Bonchev–Trinajstić information content (AvgIpc) is 3.27. The van der Waals surface area contributed by atoms with Gasteiger partial charge in [-0.2, -0.15) is 0 Å². The lowest BCUT2D eigenvalue weighted by molar-refractivity contribution is -0.122. The standard InChI is InChI=1S/C15H25N3O2/c1-18(13(10-5-6-10)11-7-8-11)15(20)17-12-4-2-3-9-16-14(12)19/h10-13H,2-9H2,1H3,(H,16,19)(H,17,20)/t12-/m1/s1. The van der Waals surface area contributed by atoms with Gasteiger partial charge in [-0.15, -0.1) is 0 Å². The fraction of sp³-hybridized carbons (Fsp3) is 0.867. The molecule has 0 aromatic carbocycles. The first-order valence-electron chi connectivity index (χ1n) is 7.98. The molecule has 0 radical (unpaired) electrons. The summed E-state index contributed by atoms with van der Waals surface area (Å²) in [7, 11) is 1.89. The van der Waals surface area contributed by atoms with Gasteiger partial charge in [-0.3, -0.25) is 4.79 Å². The molecule has 1 aliphatic heterocycles. The summed E-state index contributed by atoms with van der Waals surface area (Å²) in [6, 6.07) is -0.0359. The highest BCUT2D eigenvalue weighted by Crippen LogP contribution is 2.46. The fourth-order valence-electron chi connectivity index (χ4n) is 3.36. The van der Waals surface area contributed by atoms with Crippen molar-refractivity contribution in [3.63, 3.8) is 0 Å². The molecule has 3 amide bonds. The summed E-state index contributed by atoms with van der Waals surface area (Å²) >= 11 is 0. The number of nitrogens with zero attached hydrogens (tertiary/aromatic N) is 1. The molecular formula is C15H25N3O2. The van der Waals surface area contributed by atoms with Gasteiger partial charge in [0.25, 0.3) is 0 Å². The second-order valence-electron chi connectivity index (χ2n) is 6.57. The second-order valence-corrected chi connectivity index (χ2v) is 6.57. The van der Waals surface area contributed by atoms with Crippen molar-refractivity contribution in [2.24, 2.45) is 11.8 Å². The minimum Gasteiger partial charge on any atom is -0.354 e. The Morgan fingerprint density at radius 3 is 2.45 bits per heavy atom. The van der Waals surface area contributed by atoms with E-state index in [2.05, 4.69) is 10.6 Å². The van der Waals surface area contributed by atoms with Crippen LogP contribution in [0.1, 0.15) is 44.9 Å². The highest BCUT2D eigenvalue weighted by atomic mass is 16.2. The molecule has 0 bridgehead atoms. The number of urea groups is 1. The van der Waals surface area contributed by atoms with Gasteiger partial charge in [-0.05, 0) is 56.8 Å². The van der Waals surface area contributed by atoms with Crippen LogP contribution in [0.4, 0.5) is 4.79 Å². The van der Waals surface area contributed by atoms with E-state index in [4.69, 9.17) is 0 Å². The van der Waals surface area contributed by atoms with Crippen LogP contribution in [0.15, 0.2) is 0 Å². The fourth-order valence-corrected chi connectivity index (χ4v) is 3.36. The molecule has 1 atom stereocenters. The van der Waals surface area contributed by atoms with Crippen LogP contribution in [0.5, 0.6) is 0 Å². The van der Waals surface area contributed by atoms with E-state index in [1.807, 2.05) is 11.9 Å². The molecule has 0 spiro atoms. The van der Waals surface area contributed by atoms with Gasteiger partial charge in [0.05, 0.1) is 0 Å². The van der Waals surface area contributed by atoms with Crippen molar-refractivity contribution in [2.75, 3.05) is 13.6 Å². The van der Waals surface area contributed by atoms with Crippen LogP contribution in [0, 0.1) is 11.8 Å². The Bertz CT molecular complexity index is 379. The SMILES string of the molecule is CN(C(=O)N[C@@H]1CCCCNC1=O)C(C1CC1)C1CC1. The summed E-state index contributed by atoms with van der Waals surface area (Å²) in [5.74, 6) is 1.36. The van der Waals surface area contributed by atoms with Gasteiger partial charge in [0.1, 0.15) is 6.04 Å². The molecule has 3 rings (SSSR count). The lowest BCUT2D eigenvalue weighted by atomic mass is 10.1. The maximum absolute atomic E-state index is 12.4. The van der Waals surface area contributed by atoms with Crippen molar-refractivity contribution < 1.29 is 9.59 Å². The Morgan fingerprint density at radius 2 is 1.85 bits per heavy atom. The Kier molecular flexibility index (Phi) is 3.85. The normalized spacial score (nSPS) is 26.9. The van der Waals surface area contributed by atoms with Crippen molar-refractivity contribution >= 4 is 11.9 Å². The van der Waals surface area contributed by atoms with Gasteiger partial charge in [0, 0.05) is 19.6 Å². The van der Waals surface area contributed by atoms with Crippen molar-refractivity contribution in [3.8, 4) is 0 Å². The van der Waals surface area contributed by atoms with E-state index in [9.17, 15) is 9.59 Å².